The van der Waals surface area contributed by atoms with Crippen LogP contribution in [0, 0.1) is 5.41 Å². The van der Waals surface area contributed by atoms with Crippen molar-refractivity contribution in [3.8, 4) is 0 Å². The molecule has 0 bridgehead atoms. The van der Waals surface area contributed by atoms with Gasteiger partial charge in [-0.2, -0.15) is 0 Å². The van der Waals surface area contributed by atoms with Crippen molar-refractivity contribution >= 4 is 17.4 Å². The molecular weight excluding hydrogens is 252 g/mol. The summed E-state index contributed by atoms with van der Waals surface area (Å²) in [7, 11) is 0. The van der Waals surface area contributed by atoms with Crippen molar-refractivity contribution in [1.82, 2.24) is 0 Å². The first-order valence-corrected chi connectivity index (χ1v) is 6.37. The highest BCUT2D eigenvalue weighted by Crippen LogP contribution is 2.10. The molecule has 20 heavy (non-hydrogen) atoms. The van der Waals surface area contributed by atoms with Crippen LogP contribution in [0.15, 0.2) is 54.6 Å². The van der Waals surface area contributed by atoms with Crippen LogP contribution in [0.2, 0.25) is 0 Å². The van der Waals surface area contributed by atoms with Crippen LogP contribution in [0.25, 0.3) is 0 Å². The lowest BCUT2D eigenvalue weighted by Crippen LogP contribution is -2.09. The molecule has 4 heteroatoms. The van der Waals surface area contributed by atoms with Crippen LogP contribution < -0.4 is 5.32 Å². The average molecular weight is 268 g/mol. The van der Waals surface area contributed by atoms with E-state index in [2.05, 4.69) is 5.32 Å². The number of anilines is 1. The number of hydrogen-bond acceptors (Lipinski definition) is 3. The van der Waals surface area contributed by atoms with Crippen LogP contribution in [0.5, 0.6) is 0 Å². The van der Waals surface area contributed by atoms with E-state index in [0.717, 1.165) is 11.3 Å². The van der Waals surface area contributed by atoms with Crippen molar-refractivity contribution in [3.63, 3.8) is 0 Å². The largest absolute Gasteiger partial charge is 0.478 e. The smallest absolute Gasteiger partial charge is 0.335 e. The molecule has 2 rings (SSSR count). The first kappa shape index (κ1) is 13.8. The Kier molecular flexibility index (Phi) is 4.50. The standard InChI is InChI=1S/C16H16N2O2/c17-15(12-4-2-1-3-5-12)10-11-18-14-8-6-13(7-9-14)16(19)20/h1-9,17-18H,10-11H2,(H,19,20). The third-order valence-electron chi connectivity index (χ3n) is 2.96. The summed E-state index contributed by atoms with van der Waals surface area (Å²) in [5, 5.41) is 19.9. The third kappa shape index (κ3) is 3.68. The number of rotatable bonds is 6. The zero-order chi connectivity index (χ0) is 14.4. The quantitative estimate of drug-likeness (QED) is 0.704. The van der Waals surface area contributed by atoms with Gasteiger partial charge in [-0.25, -0.2) is 4.79 Å². The highest BCUT2D eigenvalue weighted by molar-refractivity contribution is 5.98. The third-order valence-corrected chi connectivity index (χ3v) is 2.96. The molecule has 0 saturated carbocycles. The number of carboxylic acids is 1. The van der Waals surface area contributed by atoms with E-state index in [0.29, 0.717) is 18.7 Å². The zero-order valence-electron chi connectivity index (χ0n) is 11.0. The Balaban J connectivity index is 1.84. The van der Waals surface area contributed by atoms with E-state index in [-0.39, 0.29) is 5.56 Å². The molecule has 4 nitrogen and oxygen atoms in total. The van der Waals surface area contributed by atoms with Crippen molar-refractivity contribution < 1.29 is 9.90 Å². The minimum Gasteiger partial charge on any atom is -0.478 e. The molecule has 0 spiro atoms. The van der Waals surface area contributed by atoms with Gasteiger partial charge in [0.15, 0.2) is 0 Å². The molecule has 0 aliphatic rings. The maximum absolute atomic E-state index is 10.7. The van der Waals surface area contributed by atoms with Gasteiger partial charge in [-0.15, -0.1) is 0 Å². The van der Waals surface area contributed by atoms with Crippen LogP contribution in [-0.2, 0) is 0 Å². The molecule has 0 aliphatic heterocycles. The molecule has 0 aromatic heterocycles. The van der Waals surface area contributed by atoms with Gasteiger partial charge in [-0.05, 0) is 29.8 Å². The predicted molar refractivity (Wildman–Crippen MR) is 79.8 cm³/mol. The van der Waals surface area contributed by atoms with Crippen LogP contribution in [-0.4, -0.2) is 23.3 Å². The summed E-state index contributed by atoms with van der Waals surface area (Å²) in [5.41, 5.74) is 2.64. The van der Waals surface area contributed by atoms with Crippen molar-refractivity contribution in [1.29, 1.82) is 5.41 Å². The lowest BCUT2D eigenvalue weighted by molar-refractivity contribution is 0.0697. The highest BCUT2D eigenvalue weighted by atomic mass is 16.4. The molecule has 0 aliphatic carbocycles. The molecule has 0 fully saturated rings. The Morgan fingerprint density at radius 1 is 1.00 bits per heavy atom. The lowest BCUT2D eigenvalue weighted by Gasteiger charge is -2.08. The van der Waals surface area contributed by atoms with E-state index in [4.69, 9.17) is 10.5 Å². The number of nitrogens with one attached hydrogen (secondary N) is 2. The second-order valence-corrected chi connectivity index (χ2v) is 4.40. The Hall–Kier alpha value is -2.62. The van der Waals surface area contributed by atoms with E-state index in [1.807, 2.05) is 30.3 Å². The Morgan fingerprint density at radius 3 is 2.25 bits per heavy atom. The molecule has 0 atom stereocenters. The minimum atomic E-state index is -0.928. The van der Waals surface area contributed by atoms with E-state index < -0.39 is 5.97 Å². The molecule has 0 amide bonds. The maximum atomic E-state index is 10.7. The Morgan fingerprint density at radius 2 is 1.65 bits per heavy atom. The predicted octanol–water partition coefficient (Wildman–Crippen LogP) is 3.25. The maximum Gasteiger partial charge on any atom is 0.335 e. The van der Waals surface area contributed by atoms with Crippen LogP contribution in [0.1, 0.15) is 22.3 Å². The second kappa shape index (κ2) is 6.52. The van der Waals surface area contributed by atoms with Gasteiger partial charge in [-0.1, -0.05) is 30.3 Å². The minimum absolute atomic E-state index is 0.271. The molecular formula is C16H16N2O2. The summed E-state index contributed by atoms with van der Waals surface area (Å²) in [4.78, 5) is 10.7. The van der Waals surface area contributed by atoms with E-state index in [9.17, 15) is 4.79 Å². The molecule has 0 radical (unpaired) electrons. The summed E-state index contributed by atoms with van der Waals surface area (Å²) >= 11 is 0. The number of aromatic carboxylic acids is 1. The first-order valence-electron chi connectivity index (χ1n) is 6.37. The molecule has 2 aromatic rings. The normalized spacial score (nSPS) is 10.0. The second-order valence-electron chi connectivity index (χ2n) is 4.40. The van der Waals surface area contributed by atoms with E-state index >= 15 is 0 Å². The number of hydrogen-bond donors (Lipinski definition) is 3. The van der Waals surface area contributed by atoms with Gasteiger partial charge in [0.05, 0.1) is 5.56 Å². The Labute approximate surface area is 117 Å². The van der Waals surface area contributed by atoms with Crippen molar-refractivity contribution in [2.45, 2.75) is 6.42 Å². The van der Waals surface area contributed by atoms with Gasteiger partial charge in [0, 0.05) is 24.4 Å². The van der Waals surface area contributed by atoms with Crippen molar-refractivity contribution in [3.05, 3.63) is 65.7 Å². The van der Waals surface area contributed by atoms with Gasteiger partial charge in [0.2, 0.25) is 0 Å². The lowest BCUT2D eigenvalue weighted by atomic mass is 10.1. The SMILES string of the molecule is N=C(CCNc1ccc(C(=O)O)cc1)c1ccccc1. The van der Waals surface area contributed by atoms with Crippen LogP contribution >= 0.6 is 0 Å². The van der Waals surface area contributed by atoms with Crippen LogP contribution in [0.3, 0.4) is 0 Å². The molecule has 2 aromatic carbocycles. The highest BCUT2D eigenvalue weighted by Gasteiger charge is 2.02. The molecule has 3 N–H and O–H groups in total. The molecule has 102 valence electrons. The van der Waals surface area contributed by atoms with Crippen molar-refractivity contribution in [2.24, 2.45) is 0 Å². The number of benzene rings is 2. The number of carboxylic acid groups (broad SMARTS) is 1. The van der Waals surface area contributed by atoms with E-state index in [1.54, 1.807) is 24.3 Å². The summed E-state index contributed by atoms with van der Waals surface area (Å²) in [6.45, 7) is 0.639. The van der Waals surface area contributed by atoms with Gasteiger partial charge < -0.3 is 15.8 Å². The average Bonchev–Trinajstić information content (AvgIpc) is 2.48. The molecule has 0 saturated heterocycles. The fourth-order valence-electron chi connectivity index (χ4n) is 1.85. The summed E-state index contributed by atoms with van der Waals surface area (Å²) in [6, 6.07) is 16.2. The molecule has 0 heterocycles. The van der Waals surface area contributed by atoms with E-state index in [1.165, 1.54) is 0 Å². The first-order chi connectivity index (χ1) is 9.66. The van der Waals surface area contributed by atoms with Gasteiger partial charge in [0.1, 0.15) is 0 Å². The van der Waals surface area contributed by atoms with Crippen LogP contribution in [0.4, 0.5) is 5.69 Å². The summed E-state index contributed by atoms with van der Waals surface area (Å²) in [5.74, 6) is -0.928. The topological polar surface area (TPSA) is 73.2 Å². The van der Waals surface area contributed by atoms with Gasteiger partial charge in [-0.3, -0.25) is 0 Å². The van der Waals surface area contributed by atoms with Gasteiger partial charge >= 0.3 is 5.97 Å². The fourth-order valence-corrected chi connectivity index (χ4v) is 1.85. The number of carbonyl (C=O) groups is 1. The van der Waals surface area contributed by atoms with Gasteiger partial charge in [0.25, 0.3) is 0 Å². The zero-order valence-corrected chi connectivity index (χ0v) is 11.0. The summed E-state index contributed by atoms with van der Waals surface area (Å²) in [6.07, 6.45) is 0.616. The fraction of sp³-hybridized carbons (Fsp3) is 0.125. The Bertz CT molecular complexity index is 592. The molecule has 0 unspecified atom stereocenters. The summed E-state index contributed by atoms with van der Waals surface area (Å²) < 4.78 is 0. The van der Waals surface area contributed by atoms with Crippen molar-refractivity contribution in [2.75, 3.05) is 11.9 Å². The monoisotopic (exact) mass is 268 g/mol.